The third-order valence-corrected chi connectivity index (χ3v) is 6.93. The molecule has 2 bridgehead atoms. The van der Waals surface area contributed by atoms with E-state index in [1.807, 2.05) is 18.2 Å². The van der Waals surface area contributed by atoms with Gasteiger partial charge in [0.15, 0.2) is 0 Å². The van der Waals surface area contributed by atoms with E-state index in [-0.39, 0.29) is 19.9 Å². The van der Waals surface area contributed by atoms with Crippen molar-refractivity contribution >= 4 is 17.5 Å². The van der Waals surface area contributed by atoms with E-state index in [2.05, 4.69) is 10.6 Å². The molecule has 3 N–H and O–H groups in total. The van der Waals surface area contributed by atoms with Crippen LogP contribution in [0, 0.1) is 11.3 Å². The molecule has 0 radical (unpaired) electrons. The van der Waals surface area contributed by atoms with Crippen LogP contribution in [0.4, 0.5) is 0 Å². The van der Waals surface area contributed by atoms with Gasteiger partial charge in [-0.1, -0.05) is 50.8 Å². The number of aliphatic hydroxyl groups is 1. The number of fused-ring (bicyclic) bond motifs is 2. The van der Waals surface area contributed by atoms with Gasteiger partial charge < -0.3 is 15.7 Å². The van der Waals surface area contributed by atoms with Crippen LogP contribution in [-0.2, 0) is 6.54 Å². The number of carbonyl (C=O) groups excluding carboxylic acids is 1. The van der Waals surface area contributed by atoms with Crippen molar-refractivity contribution in [1.82, 2.24) is 10.6 Å². The molecule has 1 aromatic carbocycles. The second kappa shape index (κ2) is 11.9. The molecule has 4 nitrogen and oxygen atoms in total. The van der Waals surface area contributed by atoms with Crippen molar-refractivity contribution in [3.8, 4) is 0 Å². The van der Waals surface area contributed by atoms with E-state index >= 15 is 0 Å². The van der Waals surface area contributed by atoms with Gasteiger partial charge in [-0.15, -0.1) is 0 Å². The summed E-state index contributed by atoms with van der Waals surface area (Å²) in [5, 5.41) is 15.9. The molecular weight excluding hydrogens is 384 g/mol. The lowest BCUT2D eigenvalue weighted by molar-refractivity contribution is 0.0681. The Hall–Kier alpha value is -1.10. The molecule has 1 aromatic rings. The van der Waals surface area contributed by atoms with Gasteiger partial charge in [0.1, 0.15) is 0 Å². The van der Waals surface area contributed by atoms with Gasteiger partial charge in [0.05, 0.1) is 10.6 Å². The summed E-state index contributed by atoms with van der Waals surface area (Å²) in [5.74, 6) is 0.826. The lowest BCUT2D eigenvalue weighted by Gasteiger charge is -2.45. The number of benzene rings is 1. The zero-order valence-electron chi connectivity index (χ0n) is 16.9. The maximum absolute atomic E-state index is 12.8. The molecule has 0 aliphatic heterocycles. The Labute approximate surface area is 181 Å². The zero-order valence-corrected chi connectivity index (χ0v) is 17.7. The Bertz CT molecular complexity index is 640. The third-order valence-electron chi connectivity index (χ3n) is 6.60. The fourth-order valence-electron chi connectivity index (χ4n) is 5.06. The molecule has 164 valence electrons. The minimum Gasteiger partial charge on any atom is -0.396 e. The van der Waals surface area contributed by atoms with Crippen LogP contribution in [0.2, 0.25) is 5.02 Å². The highest BCUT2D eigenvalue weighted by Gasteiger charge is 2.39. The predicted octanol–water partition coefficient (Wildman–Crippen LogP) is 5.32. The van der Waals surface area contributed by atoms with Gasteiger partial charge >= 0.3 is 0 Å². The summed E-state index contributed by atoms with van der Waals surface area (Å²) in [7, 11) is 0. The van der Waals surface area contributed by atoms with E-state index in [4.69, 9.17) is 16.7 Å². The quantitative estimate of drug-likeness (QED) is 0.447. The minimum atomic E-state index is -0.0446. The number of amides is 1. The van der Waals surface area contributed by atoms with Crippen molar-refractivity contribution in [2.24, 2.45) is 11.3 Å². The Morgan fingerprint density at radius 3 is 2.66 bits per heavy atom. The monoisotopic (exact) mass is 422 g/mol. The number of carbonyl (C=O) groups is 1. The third kappa shape index (κ3) is 6.97. The van der Waals surface area contributed by atoms with Crippen LogP contribution in [0.5, 0.6) is 0 Å². The van der Waals surface area contributed by atoms with Gasteiger partial charge in [0, 0.05) is 19.7 Å². The summed E-state index contributed by atoms with van der Waals surface area (Å²) in [6.45, 7) is 2.68. The second-order valence-electron chi connectivity index (χ2n) is 8.81. The van der Waals surface area contributed by atoms with Crippen molar-refractivity contribution < 1.29 is 9.90 Å². The van der Waals surface area contributed by atoms with Crippen molar-refractivity contribution in [3.05, 3.63) is 34.3 Å². The molecule has 2 aliphatic carbocycles. The molecule has 0 aromatic heterocycles. The highest BCUT2D eigenvalue weighted by atomic mass is 35.5. The summed E-state index contributed by atoms with van der Waals surface area (Å²) >= 11 is 6.33. The van der Waals surface area contributed by atoms with Crippen LogP contribution in [0.1, 0.15) is 87.6 Å². The summed E-state index contributed by atoms with van der Waals surface area (Å²) in [4.78, 5) is 12.8. The highest BCUT2D eigenvalue weighted by molar-refractivity contribution is 6.33. The van der Waals surface area contributed by atoms with Gasteiger partial charge in [-0.3, -0.25) is 4.79 Å². The fraction of sp³-hybridized carbons (Fsp3) is 0.708. The smallest absolute Gasteiger partial charge is 0.252 e. The average Bonchev–Trinajstić information content (AvgIpc) is 2.70. The molecule has 0 saturated heterocycles. The molecule has 0 heterocycles. The van der Waals surface area contributed by atoms with E-state index < -0.39 is 0 Å². The molecule has 1 amide bonds. The fourth-order valence-corrected chi connectivity index (χ4v) is 5.26. The lowest BCUT2D eigenvalue weighted by Crippen LogP contribution is -2.43. The first-order valence-corrected chi connectivity index (χ1v) is 11.4. The number of aliphatic hydroxyl groups excluding tert-OH is 1. The maximum atomic E-state index is 12.8. The molecule has 2 aliphatic rings. The Balaban J connectivity index is 0.00000300. The molecule has 29 heavy (non-hydrogen) atoms. The van der Waals surface area contributed by atoms with Gasteiger partial charge in [-0.05, 0) is 74.1 Å². The Morgan fingerprint density at radius 2 is 1.93 bits per heavy atom. The van der Waals surface area contributed by atoms with Crippen LogP contribution in [0.15, 0.2) is 18.2 Å². The molecule has 0 atom stereocenters. The van der Waals surface area contributed by atoms with E-state index in [1.54, 1.807) is 0 Å². The largest absolute Gasteiger partial charge is 0.396 e. The van der Waals surface area contributed by atoms with E-state index in [1.165, 1.54) is 44.9 Å². The van der Waals surface area contributed by atoms with Crippen LogP contribution < -0.4 is 10.6 Å². The number of unbranched alkanes of at least 4 members (excludes halogenated alkanes) is 2. The van der Waals surface area contributed by atoms with Crippen molar-refractivity contribution in [2.75, 3.05) is 19.7 Å². The van der Waals surface area contributed by atoms with Crippen LogP contribution in [0.25, 0.3) is 0 Å². The van der Waals surface area contributed by atoms with E-state index in [0.717, 1.165) is 50.4 Å². The van der Waals surface area contributed by atoms with Crippen LogP contribution in [-0.4, -0.2) is 30.7 Å². The topological polar surface area (TPSA) is 61.4 Å². The first-order valence-electron chi connectivity index (χ1n) is 11.0. The number of rotatable bonds is 10. The van der Waals surface area contributed by atoms with Gasteiger partial charge in [-0.2, -0.15) is 0 Å². The van der Waals surface area contributed by atoms with Crippen molar-refractivity contribution in [1.29, 1.82) is 0 Å². The molecule has 2 saturated carbocycles. The first kappa shape index (κ1) is 24.2. The summed E-state index contributed by atoms with van der Waals surface area (Å²) < 4.78 is 0. The Kier molecular flexibility index (Phi) is 9.94. The number of halogens is 1. The highest BCUT2D eigenvalue weighted by Crippen LogP contribution is 2.48. The summed E-state index contributed by atoms with van der Waals surface area (Å²) in [6.07, 6.45) is 12.1. The lowest BCUT2D eigenvalue weighted by atomic mass is 9.62. The standard InChI is InChI=1S/C23H35ClN2O2.CH4/c24-21-9-8-19(16-25-12-2-1-3-13-27)14-20(21)22(28)26-17-23-10-4-6-18(15-23)7-5-11-23;/h8-9,14,18,25,27H,1-7,10-13,15-17H2,(H,26,28);1H4. The number of nitrogens with one attached hydrogen (secondary N) is 2. The number of hydrogen-bond acceptors (Lipinski definition) is 3. The van der Waals surface area contributed by atoms with E-state index in [9.17, 15) is 4.79 Å². The Morgan fingerprint density at radius 1 is 1.17 bits per heavy atom. The molecule has 0 spiro atoms. The zero-order chi connectivity index (χ0) is 19.8. The van der Waals surface area contributed by atoms with Gasteiger partial charge in [0.2, 0.25) is 0 Å². The van der Waals surface area contributed by atoms with Gasteiger partial charge in [0.25, 0.3) is 5.91 Å². The SMILES string of the molecule is C.O=C(NCC12CCCC(CCC1)C2)c1cc(CNCCCCCO)ccc1Cl. The second-order valence-corrected chi connectivity index (χ2v) is 9.22. The molecule has 5 heteroatoms. The van der Waals surface area contributed by atoms with Crippen LogP contribution in [0.3, 0.4) is 0 Å². The maximum Gasteiger partial charge on any atom is 0.252 e. The number of hydrogen-bond donors (Lipinski definition) is 3. The summed E-state index contributed by atoms with van der Waals surface area (Å²) in [6, 6.07) is 5.72. The normalized spacial score (nSPS) is 23.3. The average molecular weight is 423 g/mol. The van der Waals surface area contributed by atoms with Gasteiger partial charge in [-0.25, -0.2) is 0 Å². The van der Waals surface area contributed by atoms with Crippen molar-refractivity contribution in [3.63, 3.8) is 0 Å². The first-order chi connectivity index (χ1) is 13.6. The molecule has 2 fully saturated rings. The minimum absolute atomic E-state index is 0. The summed E-state index contributed by atoms with van der Waals surface area (Å²) in [5.41, 5.74) is 1.97. The molecular formula is C24H39ClN2O2. The molecule has 0 unspecified atom stereocenters. The predicted molar refractivity (Wildman–Crippen MR) is 121 cm³/mol. The van der Waals surface area contributed by atoms with E-state index in [0.29, 0.717) is 16.0 Å². The molecule has 3 rings (SSSR count). The van der Waals surface area contributed by atoms with Crippen molar-refractivity contribution in [2.45, 2.75) is 78.2 Å². The van der Waals surface area contributed by atoms with Crippen LogP contribution >= 0.6 is 11.6 Å².